The molecule has 4 aliphatic carbocycles. The highest BCUT2D eigenvalue weighted by Crippen LogP contribution is 2.38. The quantitative estimate of drug-likeness (QED) is 0.0471. The number of ketones is 4. The summed E-state index contributed by atoms with van der Waals surface area (Å²) in [6.45, 7) is 0. The minimum absolute atomic E-state index is 0.0128. The number of halogens is 16. The van der Waals surface area contributed by atoms with Crippen LogP contribution in [0.3, 0.4) is 0 Å². The van der Waals surface area contributed by atoms with Gasteiger partial charge >= 0.3 is 48.6 Å². The number of ether oxygens (including phenoxy) is 4. The van der Waals surface area contributed by atoms with Crippen LogP contribution in [0, 0.1) is 23.7 Å². The Hall–Kier alpha value is -6.24. The molecule has 8 atom stereocenters. The maximum atomic E-state index is 13.3. The smallest absolute Gasteiger partial charge is 0.389 e. The molecular weight excluding hydrogens is 1520 g/mol. The van der Waals surface area contributed by atoms with Gasteiger partial charge in [0.2, 0.25) is 0 Å². The highest BCUT2D eigenvalue weighted by molar-refractivity contribution is 6.47. The summed E-state index contributed by atoms with van der Waals surface area (Å²) in [4.78, 5) is 106. The Morgan fingerprint density at radius 1 is 0.287 bits per heavy atom. The van der Waals surface area contributed by atoms with Crippen molar-refractivity contribution in [1.29, 1.82) is 0 Å². The molecule has 12 nitrogen and oxygen atoms in total. The summed E-state index contributed by atoms with van der Waals surface area (Å²) in [5.41, 5.74) is 1.15. The second kappa shape index (κ2) is 47.2. The van der Waals surface area contributed by atoms with Gasteiger partial charge in [0.25, 0.3) is 0 Å². The van der Waals surface area contributed by atoms with Gasteiger partial charge in [-0.25, -0.2) is 0 Å². The Labute approximate surface area is 643 Å². The summed E-state index contributed by atoms with van der Waals surface area (Å²) in [5.74, 6) is -6.53. The van der Waals surface area contributed by atoms with Gasteiger partial charge in [0, 0.05) is 123 Å². The van der Waals surface area contributed by atoms with Crippen molar-refractivity contribution in [3.8, 4) is 0 Å². The maximum Gasteiger partial charge on any atom is 0.389 e. The molecule has 0 aromatic heterocycles. The molecule has 0 spiro atoms. The van der Waals surface area contributed by atoms with E-state index in [4.69, 9.17) is 65.4 Å². The number of Topliss-reactive ketones (excluding diaryl/α,β-unsaturated/α-hetero) is 4. The minimum Gasteiger partial charge on any atom is -0.462 e. The van der Waals surface area contributed by atoms with Gasteiger partial charge in [0.15, 0.2) is 23.1 Å². The molecule has 0 saturated heterocycles. The SMILES string of the molecule is O=C1CCCC=CCC2C=C(Cl)C(=O)C2=CC[C@@H](CCCCC(F)(F)F)OC(=O)CCCC=CC[C@H]2C=C(Cl)C(=O)C2=CC[C@H](CCCCC(F)(F)F)OC(=O)CCCC=CCC2C=C(Cl)C(=O)C2=CC[C@@H](CCCCC(F)(F)F)OC(=O)CCCC=CC[C@H]2C=C(Cl)C(=O)C2=CC[C@H](CCCCC(F)(F)F)O1. The van der Waals surface area contributed by atoms with Gasteiger partial charge in [-0.2, -0.15) is 52.7 Å². The molecule has 600 valence electrons. The number of rotatable bonds is 16. The van der Waals surface area contributed by atoms with Gasteiger partial charge in [-0.15, -0.1) is 0 Å². The molecule has 0 aromatic carbocycles. The Balaban J connectivity index is 1.34. The van der Waals surface area contributed by atoms with Crippen LogP contribution < -0.4 is 0 Å². The summed E-state index contributed by atoms with van der Waals surface area (Å²) >= 11 is 25.3. The molecule has 1 aliphatic heterocycles. The van der Waals surface area contributed by atoms with E-state index >= 15 is 0 Å². The number of carbonyl (C=O) groups is 8. The van der Waals surface area contributed by atoms with Crippen molar-refractivity contribution in [1.82, 2.24) is 0 Å². The normalized spacial score (nSPS) is 24.9. The number of carbonyl (C=O) groups excluding carboxylic acids is 8. The zero-order chi connectivity index (χ0) is 79.5. The Bertz CT molecular complexity index is 2980. The molecule has 0 amide bonds. The van der Waals surface area contributed by atoms with E-state index in [2.05, 4.69) is 0 Å². The first-order valence-corrected chi connectivity index (χ1v) is 38.7. The topological polar surface area (TPSA) is 173 Å². The maximum absolute atomic E-state index is 13.3. The third kappa shape index (κ3) is 37.2. The van der Waals surface area contributed by atoms with Crippen molar-refractivity contribution in [2.45, 2.75) is 280 Å². The summed E-state index contributed by atoms with van der Waals surface area (Å²) < 4.78 is 181. The van der Waals surface area contributed by atoms with Crippen LogP contribution in [0.5, 0.6) is 0 Å². The Kier molecular flexibility index (Phi) is 40.4. The van der Waals surface area contributed by atoms with Crippen LogP contribution in [0.4, 0.5) is 52.7 Å². The Morgan fingerprint density at radius 3 is 0.667 bits per heavy atom. The van der Waals surface area contributed by atoms with Crippen molar-refractivity contribution in [3.05, 3.63) is 140 Å². The number of esters is 4. The fourth-order valence-electron chi connectivity index (χ4n) is 13.0. The van der Waals surface area contributed by atoms with E-state index in [0.717, 1.165) is 0 Å². The van der Waals surface area contributed by atoms with Crippen molar-refractivity contribution in [2.75, 3.05) is 0 Å². The third-order valence-electron chi connectivity index (χ3n) is 18.7. The summed E-state index contributed by atoms with van der Waals surface area (Å²) in [6.07, 6.45) is 4.06. The van der Waals surface area contributed by atoms with E-state index in [1.54, 1.807) is 97.2 Å². The number of hydrogen-bond acceptors (Lipinski definition) is 12. The number of hydrogen-bond donors (Lipinski definition) is 0. The zero-order valence-electron chi connectivity index (χ0n) is 60.3. The van der Waals surface area contributed by atoms with Gasteiger partial charge in [0.05, 0.1) is 20.1 Å². The Morgan fingerprint density at radius 2 is 0.481 bits per heavy atom. The van der Waals surface area contributed by atoms with Gasteiger partial charge in [-0.05, 0) is 154 Å². The van der Waals surface area contributed by atoms with E-state index in [0.29, 0.717) is 25.7 Å². The minimum atomic E-state index is -4.41. The van der Waals surface area contributed by atoms with E-state index in [-0.39, 0.29) is 222 Å². The lowest BCUT2D eigenvalue weighted by Crippen LogP contribution is -2.19. The molecule has 1 heterocycles. The largest absolute Gasteiger partial charge is 0.462 e. The summed E-state index contributed by atoms with van der Waals surface area (Å²) in [5, 5.41) is -0.226. The number of cyclic esters (lactones) is 4. The molecule has 0 N–H and O–H groups in total. The highest BCUT2D eigenvalue weighted by Gasteiger charge is 2.35. The number of unbranched alkanes of at least 4 members (excludes halogenated alkanes) is 4. The average Bonchev–Trinajstić information content (AvgIpc) is 1.71. The van der Waals surface area contributed by atoms with Gasteiger partial charge in [-0.1, -0.05) is 144 Å². The number of allylic oxidation sites excluding steroid dienone is 20. The second-order valence-corrected chi connectivity index (χ2v) is 29.3. The monoisotopic (exact) mass is 1620 g/mol. The van der Waals surface area contributed by atoms with Crippen LogP contribution in [0.25, 0.3) is 0 Å². The fourth-order valence-corrected chi connectivity index (χ4v) is 14.0. The number of alkyl halides is 12. The van der Waals surface area contributed by atoms with Gasteiger partial charge < -0.3 is 18.9 Å². The molecule has 0 radical (unpaired) electrons. The van der Waals surface area contributed by atoms with E-state index in [1.807, 2.05) is 0 Å². The lowest BCUT2D eigenvalue weighted by Gasteiger charge is -2.18. The molecule has 0 saturated carbocycles. The first-order chi connectivity index (χ1) is 51.0. The van der Waals surface area contributed by atoms with Crippen LogP contribution in [0.15, 0.2) is 140 Å². The van der Waals surface area contributed by atoms with Crippen molar-refractivity contribution in [3.63, 3.8) is 0 Å². The second-order valence-electron chi connectivity index (χ2n) is 27.7. The zero-order valence-corrected chi connectivity index (χ0v) is 63.3. The van der Waals surface area contributed by atoms with Crippen molar-refractivity contribution in [2.24, 2.45) is 23.7 Å². The predicted octanol–water partition coefficient (Wildman–Crippen LogP) is 23.2. The van der Waals surface area contributed by atoms with Crippen LogP contribution in [0.1, 0.15) is 231 Å². The molecule has 28 heteroatoms. The van der Waals surface area contributed by atoms with Crippen molar-refractivity contribution >= 4 is 93.4 Å². The molecule has 5 rings (SSSR count). The molecule has 0 fully saturated rings. The van der Waals surface area contributed by atoms with Crippen molar-refractivity contribution < 1.29 is 110 Å². The molecule has 2 unspecified atom stereocenters. The molecule has 108 heavy (non-hydrogen) atoms. The number of fused-ring (bicyclic) bond motifs is 4. The van der Waals surface area contributed by atoms with E-state index in [1.165, 1.54) is 0 Å². The van der Waals surface area contributed by atoms with Crippen LogP contribution in [-0.4, -0.2) is 96.1 Å². The molecule has 0 bridgehead atoms. The third-order valence-corrected chi connectivity index (χ3v) is 19.9. The first-order valence-electron chi connectivity index (χ1n) is 37.2. The van der Waals surface area contributed by atoms with E-state index < -0.39 is 145 Å². The lowest BCUT2D eigenvalue weighted by molar-refractivity contribution is -0.150. The molecular formula is C80H96Cl4F12O12. The predicted molar refractivity (Wildman–Crippen MR) is 389 cm³/mol. The summed E-state index contributed by atoms with van der Waals surface area (Å²) in [6, 6.07) is 0. The fraction of sp³-hybridized carbons (Fsp3) is 0.600. The molecule has 5 aliphatic rings. The van der Waals surface area contributed by atoms with Crippen LogP contribution in [0.2, 0.25) is 0 Å². The first kappa shape index (κ1) is 92.4. The van der Waals surface area contributed by atoms with Crippen LogP contribution >= 0.6 is 46.4 Å². The lowest BCUT2D eigenvalue weighted by atomic mass is 9.95. The van der Waals surface area contributed by atoms with Crippen LogP contribution in [-0.2, 0) is 57.3 Å². The van der Waals surface area contributed by atoms with E-state index in [9.17, 15) is 91.0 Å². The molecule has 0 aromatic rings. The highest BCUT2D eigenvalue weighted by atomic mass is 35.5. The summed E-state index contributed by atoms with van der Waals surface area (Å²) in [7, 11) is 0. The van der Waals surface area contributed by atoms with Gasteiger partial charge in [-0.3, -0.25) is 38.4 Å². The standard InChI is InChI=1S/C80H96Cl4F12O12/c81-65-49-53-25-9-1-5-13-33-69(97)105-57(29-17-21-45-77(85,86)87)38-42-62-54(50-66(82)74(62)102)26-10-3-7-15-35-71(99)107-59(31-19-23-47-79(91,92)93)40-44-64-56(52-68(84)76(64)104)28-12-4-8-16-36-72(100)108-60(32-20-24-48-80(94,95)96)39-43-63-55(51-67(83)75(63)103)27-11-2-6-14-34-70(98)106-58(37-41-61(53)73(65)101)30-18-22-46-78(88,89)90/h1-4,9-12,41-44,49-60H,5-8,13-40,45-48H2/t53-,54?,55?,56-,57+,58-,59-,60+/m0/s1. The van der Waals surface area contributed by atoms with Gasteiger partial charge in [0.1, 0.15) is 24.4 Å². The average molecular weight is 1620 g/mol.